The maximum Gasteiger partial charge on any atom is 0.139 e. The molecule has 7 heteroatoms. The number of benzene rings is 1. The SMILES string of the molecule is CN(C)c1ncnc2ccc(N3CCN(Cc4c5c(nn4C)CCC5)CC3)cc12. The minimum Gasteiger partial charge on any atom is -0.369 e. The van der Waals surface area contributed by atoms with Gasteiger partial charge in [-0.3, -0.25) is 9.58 Å². The van der Waals surface area contributed by atoms with Crippen LogP contribution in [0.2, 0.25) is 0 Å². The van der Waals surface area contributed by atoms with Gasteiger partial charge in [0.25, 0.3) is 0 Å². The highest BCUT2D eigenvalue weighted by Gasteiger charge is 2.24. The van der Waals surface area contributed by atoms with E-state index in [4.69, 9.17) is 5.10 Å². The highest BCUT2D eigenvalue weighted by atomic mass is 15.3. The fraction of sp³-hybridized carbons (Fsp3) is 0.500. The molecule has 29 heavy (non-hydrogen) atoms. The summed E-state index contributed by atoms with van der Waals surface area (Å²) in [5, 5.41) is 5.85. The van der Waals surface area contributed by atoms with Crippen LogP contribution in [0.4, 0.5) is 11.5 Å². The molecule has 0 atom stereocenters. The molecule has 1 aliphatic carbocycles. The van der Waals surface area contributed by atoms with Crippen molar-refractivity contribution in [2.75, 3.05) is 50.1 Å². The quantitative estimate of drug-likeness (QED) is 0.680. The van der Waals surface area contributed by atoms with E-state index in [-0.39, 0.29) is 0 Å². The van der Waals surface area contributed by atoms with Gasteiger partial charge in [0.1, 0.15) is 12.1 Å². The third kappa shape index (κ3) is 3.33. The van der Waals surface area contributed by atoms with E-state index >= 15 is 0 Å². The molecule has 2 aliphatic rings. The van der Waals surface area contributed by atoms with Crippen molar-refractivity contribution in [2.45, 2.75) is 25.8 Å². The first-order chi connectivity index (χ1) is 14.1. The van der Waals surface area contributed by atoms with Crippen molar-refractivity contribution in [3.8, 4) is 0 Å². The summed E-state index contributed by atoms with van der Waals surface area (Å²) in [6.07, 6.45) is 5.26. The Balaban J connectivity index is 1.30. The molecule has 0 unspecified atom stereocenters. The number of piperazine rings is 1. The van der Waals surface area contributed by atoms with Gasteiger partial charge < -0.3 is 9.80 Å². The fourth-order valence-corrected chi connectivity index (χ4v) is 4.74. The Hall–Kier alpha value is -2.67. The Morgan fingerprint density at radius 1 is 1.03 bits per heavy atom. The summed E-state index contributed by atoms with van der Waals surface area (Å²) < 4.78 is 2.11. The highest BCUT2D eigenvalue weighted by Crippen LogP contribution is 2.28. The monoisotopic (exact) mass is 391 g/mol. The zero-order valence-corrected chi connectivity index (χ0v) is 17.6. The number of anilines is 2. The van der Waals surface area contributed by atoms with Crippen molar-refractivity contribution in [3.05, 3.63) is 41.5 Å². The van der Waals surface area contributed by atoms with Crippen molar-refractivity contribution >= 4 is 22.4 Å². The van der Waals surface area contributed by atoms with E-state index < -0.39 is 0 Å². The summed E-state index contributed by atoms with van der Waals surface area (Å²) in [6, 6.07) is 6.55. The largest absolute Gasteiger partial charge is 0.369 e. The number of fused-ring (bicyclic) bond motifs is 2. The van der Waals surface area contributed by atoms with Crippen LogP contribution in [-0.2, 0) is 26.4 Å². The molecule has 0 spiro atoms. The van der Waals surface area contributed by atoms with Crippen molar-refractivity contribution in [3.63, 3.8) is 0 Å². The minimum absolute atomic E-state index is 0.973. The Bertz CT molecular complexity index is 1030. The molecule has 3 heterocycles. The minimum atomic E-state index is 0.973. The van der Waals surface area contributed by atoms with Crippen LogP contribution in [0, 0.1) is 0 Å². The summed E-state index contributed by atoms with van der Waals surface area (Å²) in [5.74, 6) is 0.973. The van der Waals surface area contributed by atoms with E-state index in [1.807, 2.05) is 14.1 Å². The molecule has 1 saturated heterocycles. The molecule has 0 amide bonds. The number of aryl methyl sites for hydroxylation is 2. The van der Waals surface area contributed by atoms with Crippen molar-refractivity contribution in [1.29, 1.82) is 0 Å². The van der Waals surface area contributed by atoms with Crippen molar-refractivity contribution in [2.24, 2.45) is 7.05 Å². The van der Waals surface area contributed by atoms with Gasteiger partial charge in [0.05, 0.1) is 16.9 Å². The average molecular weight is 392 g/mol. The topological polar surface area (TPSA) is 53.3 Å². The lowest BCUT2D eigenvalue weighted by molar-refractivity contribution is 0.243. The van der Waals surface area contributed by atoms with Gasteiger partial charge in [-0.15, -0.1) is 0 Å². The van der Waals surface area contributed by atoms with E-state index in [1.165, 1.54) is 35.5 Å². The first-order valence-electron chi connectivity index (χ1n) is 10.5. The first kappa shape index (κ1) is 18.4. The van der Waals surface area contributed by atoms with Crippen LogP contribution >= 0.6 is 0 Å². The van der Waals surface area contributed by atoms with Gasteiger partial charge in [-0.25, -0.2) is 9.97 Å². The molecule has 1 aromatic carbocycles. The Morgan fingerprint density at radius 3 is 2.66 bits per heavy atom. The van der Waals surface area contributed by atoms with E-state index in [0.29, 0.717) is 0 Å². The molecule has 7 nitrogen and oxygen atoms in total. The second-order valence-corrected chi connectivity index (χ2v) is 8.41. The van der Waals surface area contributed by atoms with Crippen LogP contribution in [-0.4, -0.2) is 64.9 Å². The number of aromatic nitrogens is 4. The molecule has 5 rings (SSSR count). The van der Waals surface area contributed by atoms with Gasteiger partial charge >= 0.3 is 0 Å². The van der Waals surface area contributed by atoms with Crippen LogP contribution < -0.4 is 9.80 Å². The van der Waals surface area contributed by atoms with Crippen LogP contribution in [0.5, 0.6) is 0 Å². The lowest BCUT2D eigenvalue weighted by Crippen LogP contribution is -2.46. The molecule has 0 N–H and O–H groups in total. The summed E-state index contributed by atoms with van der Waals surface area (Å²) >= 11 is 0. The molecule has 1 fully saturated rings. The van der Waals surface area contributed by atoms with Crippen LogP contribution in [0.25, 0.3) is 10.9 Å². The molecule has 1 aliphatic heterocycles. The summed E-state index contributed by atoms with van der Waals surface area (Å²) in [6.45, 7) is 5.24. The molecule has 3 aromatic rings. The lowest BCUT2D eigenvalue weighted by Gasteiger charge is -2.36. The molecule has 0 saturated carbocycles. The van der Waals surface area contributed by atoms with E-state index in [1.54, 1.807) is 6.33 Å². The normalized spacial score (nSPS) is 17.1. The molecule has 0 bridgehead atoms. The highest BCUT2D eigenvalue weighted by molar-refractivity contribution is 5.91. The van der Waals surface area contributed by atoms with E-state index in [9.17, 15) is 0 Å². The smallest absolute Gasteiger partial charge is 0.139 e. The molecule has 0 radical (unpaired) electrons. The van der Waals surface area contributed by atoms with Crippen LogP contribution in [0.3, 0.4) is 0 Å². The van der Waals surface area contributed by atoms with Gasteiger partial charge in [0, 0.05) is 64.9 Å². The molecule has 152 valence electrons. The number of hydrogen-bond donors (Lipinski definition) is 0. The van der Waals surface area contributed by atoms with Crippen molar-refractivity contribution in [1.82, 2.24) is 24.6 Å². The molecular formula is C22H29N7. The molecule has 2 aromatic heterocycles. The number of hydrogen-bond acceptors (Lipinski definition) is 6. The Kier molecular flexibility index (Phi) is 4.62. The van der Waals surface area contributed by atoms with Gasteiger partial charge in [-0.1, -0.05) is 0 Å². The second-order valence-electron chi connectivity index (χ2n) is 8.41. The zero-order chi connectivity index (χ0) is 20.0. The molecular weight excluding hydrogens is 362 g/mol. The maximum atomic E-state index is 4.73. The van der Waals surface area contributed by atoms with E-state index in [0.717, 1.165) is 55.9 Å². The average Bonchev–Trinajstić information content (AvgIpc) is 3.29. The van der Waals surface area contributed by atoms with Gasteiger partial charge in [-0.05, 0) is 43.0 Å². The lowest BCUT2D eigenvalue weighted by atomic mass is 10.1. The summed E-state index contributed by atoms with van der Waals surface area (Å²) in [7, 11) is 6.16. The second kappa shape index (κ2) is 7.30. The fourth-order valence-electron chi connectivity index (χ4n) is 4.74. The first-order valence-corrected chi connectivity index (χ1v) is 10.5. The maximum absolute atomic E-state index is 4.73. The standard InChI is InChI=1S/C22H29N7/c1-26(2)22-18-13-16(7-8-19(18)23-15-24-22)29-11-9-28(10-12-29)14-21-17-5-4-6-20(17)25-27(21)3/h7-8,13,15H,4-6,9-12,14H2,1-3H3. The van der Waals surface area contributed by atoms with Gasteiger partial charge in [-0.2, -0.15) is 5.10 Å². The number of nitrogens with zero attached hydrogens (tertiary/aromatic N) is 7. The Morgan fingerprint density at radius 2 is 1.86 bits per heavy atom. The van der Waals surface area contributed by atoms with Crippen molar-refractivity contribution < 1.29 is 0 Å². The third-order valence-electron chi connectivity index (χ3n) is 6.33. The van der Waals surface area contributed by atoms with Crippen LogP contribution in [0.1, 0.15) is 23.4 Å². The Labute approximate surface area is 171 Å². The number of rotatable bonds is 4. The van der Waals surface area contributed by atoms with Gasteiger partial charge in [0.15, 0.2) is 0 Å². The summed E-state index contributed by atoms with van der Waals surface area (Å²) in [4.78, 5) is 16.0. The third-order valence-corrected chi connectivity index (χ3v) is 6.33. The van der Waals surface area contributed by atoms with Crippen LogP contribution in [0.15, 0.2) is 24.5 Å². The summed E-state index contributed by atoms with van der Waals surface area (Å²) in [5.41, 5.74) is 6.52. The predicted molar refractivity (Wildman–Crippen MR) is 117 cm³/mol. The van der Waals surface area contributed by atoms with E-state index in [2.05, 4.69) is 54.6 Å². The zero-order valence-electron chi connectivity index (χ0n) is 17.6. The van der Waals surface area contributed by atoms with Gasteiger partial charge in [0.2, 0.25) is 0 Å². The predicted octanol–water partition coefficient (Wildman–Crippen LogP) is 2.24.